The molecule has 0 bridgehead atoms. The molecule has 0 radical (unpaired) electrons. The highest BCUT2D eigenvalue weighted by atomic mass is 16.4. The van der Waals surface area contributed by atoms with Gasteiger partial charge in [-0.25, -0.2) is 4.98 Å². The van der Waals surface area contributed by atoms with Gasteiger partial charge in [-0.15, -0.1) is 0 Å². The molecule has 0 saturated heterocycles. The Morgan fingerprint density at radius 1 is 1.38 bits per heavy atom. The second kappa shape index (κ2) is 4.18. The Labute approximate surface area is 93.2 Å². The smallest absolute Gasteiger partial charge is 0.311 e. The van der Waals surface area contributed by atoms with Gasteiger partial charge in [0.05, 0.1) is 0 Å². The Balaban J connectivity index is 2.47. The van der Waals surface area contributed by atoms with Crippen LogP contribution in [0.2, 0.25) is 0 Å². The van der Waals surface area contributed by atoms with E-state index in [9.17, 15) is 4.79 Å². The first-order valence-corrected chi connectivity index (χ1v) is 4.99. The minimum Gasteiger partial charge on any atom is -0.481 e. The third-order valence-corrected chi connectivity index (χ3v) is 2.33. The SMILES string of the molecule is Cc1cnc(CC(=O)O)n1-c1ccccc1. The lowest BCUT2D eigenvalue weighted by molar-refractivity contribution is -0.136. The maximum atomic E-state index is 10.7. The number of aryl methyl sites for hydroxylation is 1. The quantitative estimate of drug-likeness (QED) is 0.851. The van der Waals surface area contributed by atoms with Crippen LogP contribution in [0.3, 0.4) is 0 Å². The first-order chi connectivity index (χ1) is 7.68. The monoisotopic (exact) mass is 216 g/mol. The second-order valence-electron chi connectivity index (χ2n) is 3.56. The topological polar surface area (TPSA) is 55.1 Å². The van der Waals surface area contributed by atoms with Crippen LogP contribution < -0.4 is 0 Å². The van der Waals surface area contributed by atoms with Crippen LogP contribution in [0.5, 0.6) is 0 Å². The van der Waals surface area contributed by atoms with Gasteiger partial charge in [-0.2, -0.15) is 0 Å². The normalized spacial score (nSPS) is 10.3. The largest absolute Gasteiger partial charge is 0.481 e. The van der Waals surface area contributed by atoms with E-state index in [0.717, 1.165) is 11.4 Å². The molecule has 0 aliphatic heterocycles. The molecular formula is C12H12N2O2. The number of aliphatic carboxylic acids is 1. The van der Waals surface area contributed by atoms with Crippen molar-refractivity contribution >= 4 is 5.97 Å². The molecule has 82 valence electrons. The molecule has 0 aliphatic carbocycles. The van der Waals surface area contributed by atoms with Crippen molar-refractivity contribution in [1.82, 2.24) is 9.55 Å². The number of carboxylic acid groups (broad SMARTS) is 1. The lowest BCUT2D eigenvalue weighted by atomic mass is 10.3. The third-order valence-electron chi connectivity index (χ3n) is 2.33. The van der Waals surface area contributed by atoms with Crippen LogP contribution in [0.4, 0.5) is 0 Å². The van der Waals surface area contributed by atoms with Crippen molar-refractivity contribution in [2.24, 2.45) is 0 Å². The molecule has 4 nitrogen and oxygen atoms in total. The van der Waals surface area contributed by atoms with Gasteiger partial charge in [-0.3, -0.25) is 4.79 Å². The average Bonchev–Trinajstić information content (AvgIpc) is 2.60. The maximum Gasteiger partial charge on any atom is 0.311 e. The maximum absolute atomic E-state index is 10.7. The fraction of sp³-hybridized carbons (Fsp3) is 0.167. The number of imidazole rings is 1. The molecule has 0 unspecified atom stereocenters. The molecule has 0 atom stereocenters. The summed E-state index contributed by atoms with van der Waals surface area (Å²) in [4.78, 5) is 14.8. The summed E-state index contributed by atoms with van der Waals surface area (Å²) in [5.74, 6) is -0.320. The third kappa shape index (κ3) is 1.95. The molecule has 1 heterocycles. The number of carboxylic acids is 1. The number of aromatic nitrogens is 2. The van der Waals surface area contributed by atoms with Gasteiger partial charge in [0.1, 0.15) is 12.2 Å². The van der Waals surface area contributed by atoms with Gasteiger partial charge in [-0.05, 0) is 19.1 Å². The number of hydrogen-bond donors (Lipinski definition) is 1. The van der Waals surface area contributed by atoms with Crippen LogP contribution in [-0.2, 0) is 11.2 Å². The predicted octanol–water partition coefficient (Wildman–Crippen LogP) is 1.81. The fourth-order valence-corrected chi connectivity index (χ4v) is 1.68. The number of para-hydroxylation sites is 1. The van der Waals surface area contributed by atoms with E-state index in [-0.39, 0.29) is 6.42 Å². The Morgan fingerprint density at radius 3 is 2.69 bits per heavy atom. The zero-order valence-corrected chi connectivity index (χ0v) is 8.92. The zero-order valence-electron chi connectivity index (χ0n) is 8.92. The lowest BCUT2D eigenvalue weighted by Crippen LogP contribution is -2.08. The van der Waals surface area contributed by atoms with Gasteiger partial charge in [0.2, 0.25) is 0 Å². The van der Waals surface area contributed by atoms with Crippen molar-refractivity contribution in [2.45, 2.75) is 13.3 Å². The van der Waals surface area contributed by atoms with Gasteiger partial charge < -0.3 is 9.67 Å². The van der Waals surface area contributed by atoms with Crippen LogP contribution in [0, 0.1) is 6.92 Å². The molecule has 2 rings (SSSR count). The molecular weight excluding hydrogens is 204 g/mol. The molecule has 1 N–H and O–H groups in total. The molecule has 0 saturated carbocycles. The van der Waals surface area contributed by atoms with Gasteiger partial charge in [0.15, 0.2) is 0 Å². The molecule has 4 heteroatoms. The first-order valence-electron chi connectivity index (χ1n) is 4.99. The summed E-state index contributed by atoms with van der Waals surface area (Å²) in [5.41, 5.74) is 1.87. The van der Waals surface area contributed by atoms with E-state index in [1.807, 2.05) is 41.8 Å². The molecule has 0 fully saturated rings. The summed E-state index contributed by atoms with van der Waals surface area (Å²) < 4.78 is 1.86. The van der Waals surface area contributed by atoms with Crippen molar-refractivity contribution in [3.8, 4) is 5.69 Å². The molecule has 1 aromatic carbocycles. The van der Waals surface area contributed by atoms with Crippen LogP contribution in [0.1, 0.15) is 11.5 Å². The summed E-state index contributed by atoms with van der Waals surface area (Å²) in [6.45, 7) is 1.91. The second-order valence-corrected chi connectivity index (χ2v) is 3.56. The van der Waals surface area contributed by atoms with Crippen molar-refractivity contribution in [3.63, 3.8) is 0 Å². The molecule has 0 amide bonds. The van der Waals surface area contributed by atoms with E-state index >= 15 is 0 Å². The summed E-state index contributed by atoms with van der Waals surface area (Å²) >= 11 is 0. The Hall–Kier alpha value is -2.10. The number of hydrogen-bond acceptors (Lipinski definition) is 2. The van der Waals surface area contributed by atoms with Crippen molar-refractivity contribution in [2.75, 3.05) is 0 Å². The van der Waals surface area contributed by atoms with E-state index in [0.29, 0.717) is 5.82 Å². The van der Waals surface area contributed by atoms with Crippen LogP contribution in [0.15, 0.2) is 36.5 Å². The van der Waals surface area contributed by atoms with E-state index in [2.05, 4.69) is 4.98 Å². The van der Waals surface area contributed by atoms with Crippen LogP contribution in [-0.4, -0.2) is 20.6 Å². The minimum atomic E-state index is -0.872. The standard InChI is InChI=1S/C12H12N2O2/c1-9-8-13-11(7-12(15)16)14(9)10-5-3-2-4-6-10/h2-6,8H,7H2,1H3,(H,15,16). The number of carbonyl (C=O) groups is 1. The first kappa shape index (κ1) is 10.4. The van der Waals surface area contributed by atoms with Gasteiger partial charge >= 0.3 is 5.97 Å². The number of rotatable bonds is 3. The highest BCUT2D eigenvalue weighted by Crippen LogP contribution is 2.14. The number of nitrogens with zero attached hydrogens (tertiary/aromatic N) is 2. The molecule has 16 heavy (non-hydrogen) atoms. The van der Waals surface area contributed by atoms with E-state index in [1.165, 1.54) is 0 Å². The van der Waals surface area contributed by atoms with E-state index in [1.54, 1.807) is 6.20 Å². The molecule has 0 spiro atoms. The summed E-state index contributed by atoms with van der Waals surface area (Å²) in [5, 5.41) is 8.79. The Kier molecular flexibility index (Phi) is 2.72. The van der Waals surface area contributed by atoms with Gasteiger partial charge in [-0.1, -0.05) is 18.2 Å². The van der Waals surface area contributed by atoms with E-state index in [4.69, 9.17) is 5.11 Å². The molecule has 0 aliphatic rings. The predicted molar refractivity (Wildman–Crippen MR) is 59.6 cm³/mol. The Bertz CT molecular complexity index is 503. The van der Waals surface area contributed by atoms with Crippen molar-refractivity contribution in [3.05, 3.63) is 48.0 Å². The summed E-state index contributed by atoms with van der Waals surface area (Å²) in [7, 11) is 0. The molecule has 2 aromatic rings. The summed E-state index contributed by atoms with van der Waals surface area (Å²) in [6, 6.07) is 9.62. The van der Waals surface area contributed by atoms with Crippen molar-refractivity contribution in [1.29, 1.82) is 0 Å². The highest BCUT2D eigenvalue weighted by molar-refractivity contribution is 5.69. The van der Waals surface area contributed by atoms with Crippen LogP contribution in [0.25, 0.3) is 5.69 Å². The molecule has 1 aromatic heterocycles. The lowest BCUT2D eigenvalue weighted by Gasteiger charge is -2.08. The van der Waals surface area contributed by atoms with E-state index < -0.39 is 5.97 Å². The average molecular weight is 216 g/mol. The number of benzene rings is 1. The van der Waals surface area contributed by atoms with Crippen LogP contribution >= 0.6 is 0 Å². The minimum absolute atomic E-state index is 0.0667. The van der Waals surface area contributed by atoms with Gasteiger partial charge in [0, 0.05) is 17.6 Å². The zero-order chi connectivity index (χ0) is 11.5. The summed E-state index contributed by atoms with van der Waals surface area (Å²) in [6.07, 6.45) is 1.62. The van der Waals surface area contributed by atoms with Gasteiger partial charge in [0.25, 0.3) is 0 Å². The fourth-order valence-electron chi connectivity index (χ4n) is 1.68. The Morgan fingerprint density at radius 2 is 2.06 bits per heavy atom. The van der Waals surface area contributed by atoms with Crippen molar-refractivity contribution < 1.29 is 9.90 Å². The highest BCUT2D eigenvalue weighted by Gasteiger charge is 2.11.